The summed E-state index contributed by atoms with van der Waals surface area (Å²) in [6, 6.07) is 0. The number of nitrogens with zero attached hydrogens (tertiary/aromatic N) is 1. The Hall–Kier alpha value is -2.39. The van der Waals surface area contributed by atoms with Crippen LogP contribution in [0.1, 0.15) is 110 Å². The van der Waals surface area contributed by atoms with Crippen molar-refractivity contribution in [2.75, 3.05) is 18.7 Å². The van der Waals surface area contributed by atoms with Gasteiger partial charge in [-0.25, -0.2) is 4.98 Å². The number of hydrogen-bond acceptors (Lipinski definition) is 6. The zero-order chi connectivity index (χ0) is 31.1. The molecule has 1 heterocycles. The van der Waals surface area contributed by atoms with Gasteiger partial charge in [0.2, 0.25) is 0 Å². The normalized spacial score (nSPS) is 15.5. The van der Waals surface area contributed by atoms with Gasteiger partial charge in [-0.15, -0.1) is 13.2 Å². The summed E-state index contributed by atoms with van der Waals surface area (Å²) < 4.78 is 47.3. The first kappa shape index (κ1) is 35.8. The highest BCUT2D eigenvalue weighted by Crippen LogP contribution is 2.34. The Balaban J connectivity index is 1.69. The van der Waals surface area contributed by atoms with E-state index in [0.717, 1.165) is 37.3 Å². The summed E-state index contributed by atoms with van der Waals surface area (Å²) in [4.78, 5) is 17.3. The van der Waals surface area contributed by atoms with Crippen molar-refractivity contribution in [3.05, 3.63) is 51.3 Å². The molecule has 236 valence electrons. The molecule has 1 atom stereocenters. The van der Waals surface area contributed by atoms with Crippen molar-refractivity contribution in [3.8, 4) is 0 Å². The molecule has 1 unspecified atom stereocenters. The van der Waals surface area contributed by atoms with E-state index in [1.807, 2.05) is 0 Å². The number of thiazole rings is 1. The third-order valence-electron chi connectivity index (χ3n) is 7.26. The Labute approximate surface area is 254 Å². The number of nitrogens with one attached hydrogen (secondary N) is 1. The number of anilines is 1. The molecule has 0 aromatic carbocycles. The Bertz CT molecular complexity index is 1120. The van der Waals surface area contributed by atoms with Crippen LogP contribution in [0.5, 0.6) is 0 Å². The van der Waals surface area contributed by atoms with E-state index < -0.39 is 6.36 Å². The van der Waals surface area contributed by atoms with Gasteiger partial charge in [-0.1, -0.05) is 66.6 Å². The number of alkyl halides is 3. The molecule has 9 heteroatoms. The van der Waals surface area contributed by atoms with Gasteiger partial charge in [0.15, 0.2) is 5.13 Å². The van der Waals surface area contributed by atoms with Gasteiger partial charge in [0.05, 0.1) is 17.2 Å². The van der Waals surface area contributed by atoms with Crippen molar-refractivity contribution in [1.29, 1.82) is 0 Å². The SMILES string of the molecule is CC(=O)C(C/C=C(\C)CC/C=C(\C)CC/C=C(\C)CCCC(C)C)COCNc1nc2c(s1)C=C(OC(F)(F)F)CC2. The smallest absolute Gasteiger partial charge is 0.410 e. The number of rotatable bonds is 19. The van der Waals surface area contributed by atoms with Gasteiger partial charge in [0.1, 0.15) is 18.3 Å². The fourth-order valence-electron chi connectivity index (χ4n) is 4.62. The first-order chi connectivity index (χ1) is 19.8. The molecule has 42 heavy (non-hydrogen) atoms. The van der Waals surface area contributed by atoms with E-state index in [0.29, 0.717) is 22.9 Å². The van der Waals surface area contributed by atoms with Crippen LogP contribution in [0.25, 0.3) is 6.08 Å². The molecule has 0 amide bonds. The van der Waals surface area contributed by atoms with Crippen LogP contribution < -0.4 is 5.32 Å². The van der Waals surface area contributed by atoms with Gasteiger partial charge in [-0.3, -0.25) is 4.79 Å². The number of ether oxygens (including phenoxy) is 2. The minimum atomic E-state index is -4.69. The molecule has 1 aromatic heterocycles. The average Bonchev–Trinajstić information content (AvgIpc) is 3.28. The lowest BCUT2D eigenvalue weighted by molar-refractivity contribution is -0.305. The summed E-state index contributed by atoms with van der Waals surface area (Å²) >= 11 is 1.25. The number of carbonyl (C=O) groups is 1. The fraction of sp³-hybridized carbons (Fsp3) is 0.636. The van der Waals surface area contributed by atoms with Gasteiger partial charge in [0.25, 0.3) is 0 Å². The average molecular weight is 611 g/mol. The summed E-state index contributed by atoms with van der Waals surface area (Å²) in [6.45, 7) is 13.1. The topological polar surface area (TPSA) is 60.5 Å². The highest BCUT2D eigenvalue weighted by molar-refractivity contribution is 7.16. The summed E-state index contributed by atoms with van der Waals surface area (Å²) in [7, 11) is 0. The zero-order valence-electron chi connectivity index (χ0n) is 26.2. The number of carbonyl (C=O) groups excluding carboxylic acids is 1. The maximum absolute atomic E-state index is 12.5. The first-order valence-corrected chi connectivity index (χ1v) is 15.9. The summed E-state index contributed by atoms with van der Waals surface area (Å²) in [5.74, 6) is 0.515. The Morgan fingerprint density at radius 3 is 2.29 bits per heavy atom. The maximum atomic E-state index is 12.5. The van der Waals surface area contributed by atoms with Crippen molar-refractivity contribution >= 4 is 28.3 Å². The maximum Gasteiger partial charge on any atom is 0.572 e. The van der Waals surface area contributed by atoms with E-state index in [2.05, 4.69) is 67.9 Å². The van der Waals surface area contributed by atoms with Crippen LogP contribution in [0.15, 0.2) is 40.7 Å². The molecule has 0 saturated carbocycles. The lowest BCUT2D eigenvalue weighted by atomic mass is 9.99. The van der Waals surface area contributed by atoms with Crippen molar-refractivity contribution < 1.29 is 27.4 Å². The van der Waals surface area contributed by atoms with Crippen LogP contribution in [-0.2, 0) is 20.7 Å². The molecule has 5 nitrogen and oxygen atoms in total. The minimum absolute atomic E-state index is 0.0781. The number of hydrogen-bond donors (Lipinski definition) is 1. The molecule has 1 aliphatic carbocycles. The number of halogens is 3. The van der Waals surface area contributed by atoms with Crippen molar-refractivity contribution in [3.63, 3.8) is 0 Å². The second kappa shape index (κ2) is 18.3. The van der Waals surface area contributed by atoms with Crippen molar-refractivity contribution in [2.45, 2.75) is 112 Å². The molecule has 0 radical (unpaired) electrons. The number of ketones is 1. The molecule has 0 saturated heterocycles. The van der Waals surface area contributed by atoms with Gasteiger partial charge in [-0.05, 0) is 91.1 Å². The number of Topliss-reactive ketones (excluding diaryl/α,β-unsaturated/α-hetero) is 1. The van der Waals surface area contributed by atoms with E-state index in [4.69, 9.17) is 4.74 Å². The van der Waals surface area contributed by atoms with Gasteiger partial charge in [0, 0.05) is 12.3 Å². The number of fused-ring (bicyclic) bond motifs is 1. The van der Waals surface area contributed by atoms with Crippen LogP contribution in [0, 0.1) is 11.8 Å². The van der Waals surface area contributed by atoms with Crippen molar-refractivity contribution in [1.82, 2.24) is 4.98 Å². The zero-order valence-corrected chi connectivity index (χ0v) is 27.0. The predicted octanol–water partition coefficient (Wildman–Crippen LogP) is 10.2. The quantitative estimate of drug-likeness (QED) is 0.0959. The predicted molar refractivity (Wildman–Crippen MR) is 167 cm³/mol. The lowest BCUT2D eigenvalue weighted by Gasteiger charge is -2.15. The molecule has 0 bridgehead atoms. The molecule has 1 aromatic rings. The van der Waals surface area contributed by atoms with Crippen LogP contribution in [0.4, 0.5) is 18.3 Å². The molecule has 0 fully saturated rings. The monoisotopic (exact) mass is 610 g/mol. The Morgan fingerprint density at radius 2 is 1.67 bits per heavy atom. The highest BCUT2D eigenvalue weighted by atomic mass is 32.1. The van der Waals surface area contributed by atoms with E-state index >= 15 is 0 Å². The number of aromatic nitrogens is 1. The second-order valence-electron chi connectivity index (χ2n) is 11.7. The fourth-order valence-corrected chi connectivity index (χ4v) is 5.57. The molecule has 1 N–H and O–H groups in total. The van der Waals surface area contributed by atoms with Gasteiger partial charge >= 0.3 is 6.36 Å². The molecule has 0 aliphatic heterocycles. The molecular formula is C33H49F3N2O3S. The molecule has 1 aliphatic rings. The van der Waals surface area contributed by atoms with E-state index in [-0.39, 0.29) is 37.2 Å². The van der Waals surface area contributed by atoms with E-state index in [9.17, 15) is 18.0 Å². The van der Waals surface area contributed by atoms with Crippen LogP contribution in [0.2, 0.25) is 0 Å². The summed E-state index contributed by atoms with van der Waals surface area (Å²) in [5, 5.41) is 3.62. The van der Waals surface area contributed by atoms with Crippen molar-refractivity contribution in [2.24, 2.45) is 11.8 Å². The van der Waals surface area contributed by atoms with E-state index in [1.165, 1.54) is 53.4 Å². The summed E-state index contributed by atoms with van der Waals surface area (Å²) in [5.41, 5.74) is 4.92. The largest absolute Gasteiger partial charge is 0.572 e. The van der Waals surface area contributed by atoms with Gasteiger partial charge in [-0.2, -0.15) is 0 Å². The second-order valence-corrected chi connectivity index (χ2v) is 12.8. The van der Waals surface area contributed by atoms with Gasteiger partial charge < -0.3 is 14.8 Å². The molecule has 2 rings (SSSR count). The number of aryl methyl sites for hydroxylation is 1. The van der Waals surface area contributed by atoms with E-state index in [1.54, 1.807) is 6.92 Å². The standard InChI is InChI=1S/C33H49F3N2O3S/c1-23(2)10-7-11-24(3)12-8-13-25(4)14-9-15-26(5)16-17-28(27(6)39)21-40-22-37-32-38-30-19-18-29(20-31(30)42-32)41-33(34,35)36/h12,14,16,20,23,28H,7-11,13,15,17-19,21-22H2,1-6H3,(H,37,38)/b24-12+,25-14+,26-16+. The summed E-state index contributed by atoms with van der Waals surface area (Å²) in [6.07, 6.45) is 12.6. The molecular weight excluding hydrogens is 561 g/mol. The van der Waals surface area contributed by atoms with Crippen LogP contribution in [-0.4, -0.2) is 30.5 Å². The Morgan fingerprint density at radius 1 is 1.02 bits per heavy atom. The third-order valence-corrected chi connectivity index (χ3v) is 8.26. The molecule has 0 spiro atoms. The highest BCUT2D eigenvalue weighted by Gasteiger charge is 2.33. The Kier molecular flexibility index (Phi) is 15.6. The minimum Gasteiger partial charge on any atom is -0.410 e. The first-order valence-electron chi connectivity index (χ1n) is 15.1. The third kappa shape index (κ3) is 15.2. The van der Waals surface area contributed by atoms with Crippen LogP contribution >= 0.6 is 11.3 Å². The van der Waals surface area contributed by atoms with Crippen LogP contribution in [0.3, 0.4) is 0 Å². The number of allylic oxidation sites excluding steroid dienone is 7. The lowest BCUT2D eigenvalue weighted by Crippen LogP contribution is -2.19.